The van der Waals surface area contributed by atoms with Crippen molar-refractivity contribution in [2.24, 2.45) is 0 Å². The van der Waals surface area contributed by atoms with Crippen LogP contribution in [0.15, 0.2) is 48.7 Å². The summed E-state index contributed by atoms with van der Waals surface area (Å²) in [5.41, 5.74) is 1.26. The Hall–Kier alpha value is -1.28. The largest absolute Gasteiger partial charge is 0.318 e. The number of fused-ring (bicyclic) bond motifs is 1. The minimum atomic E-state index is 1.26. The summed E-state index contributed by atoms with van der Waals surface area (Å²) in [7, 11) is 0. The number of aromatic amines is 1. The summed E-state index contributed by atoms with van der Waals surface area (Å²) in [6.45, 7) is 0. The fourth-order valence-electron chi connectivity index (χ4n) is 1.06. The van der Waals surface area contributed by atoms with Crippen LogP contribution < -0.4 is 0 Å². The molecule has 1 N–H and O–H groups in total. The summed E-state index contributed by atoms with van der Waals surface area (Å²) >= 11 is 1.64. The molecule has 0 bridgehead atoms. The van der Waals surface area contributed by atoms with Gasteiger partial charge in [0.25, 0.3) is 0 Å². The van der Waals surface area contributed by atoms with Gasteiger partial charge >= 0.3 is 0 Å². The van der Waals surface area contributed by atoms with Crippen LogP contribution in [0.2, 0.25) is 0 Å². The van der Waals surface area contributed by atoms with Crippen LogP contribution in [0, 0.1) is 0 Å². The molecule has 0 saturated heterocycles. The quantitative estimate of drug-likeness (QED) is 0.632. The molecule has 0 spiro atoms. The third kappa shape index (κ3) is 1.48. The van der Waals surface area contributed by atoms with Gasteiger partial charge in [0.15, 0.2) is 0 Å². The molecular weight excluding hydrogens is 166 g/mol. The lowest BCUT2D eigenvalue weighted by atomic mass is 10.2. The lowest BCUT2D eigenvalue weighted by Gasteiger charge is -1.98. The topological polar surface area (TPSA) is 15.8 Å². The first-order valence-electron chi connectivity index (χ1n) is 3.81. The Balaban J connectivity index is 2.71. The summed E-state index contributed by atoms with van der Waals surface area (Å²) in [5.74, 6) is 0. The number of nitrogens with one attached hydrogen (secondary N) is 1. The second-order valence-corrected chi connectivity index (χ2v) is 3.36. The smallest absolute Gasteiger partial charge is 0.0513 e. The zero-order valence-electron chi connectivity index (χ0n) is 6.53. The normalized spacial score (nSPS) is 9.67. The Bertz CT molecular complexity index is 336. The Kier molecular flexibility index (Phi) is 2.10. The maximum atomic E-state index is 3.10. The van der Waals surface area contributed by atoms with Crippen molar-refractivity contribution in [1.29, 1.82) is 0 Å². The maximum Gasteiger partial charge on any atom is 0.0513 e. The van der Waals surface area contributed by atoms with Gasteiger partial charge in [0, 0.05) is 6.20 Å². The molecule has 0 radical (unpaired) electrons. The zero-order valence-corrected chi connectivity index (χ0v) is 7.34. The minimum Gasteiger partial charge on any atom is -0.318 e. The second-order valence-electron chi connectivity index (χ2n) is 2.48. The molecule has 0 aromatic rings. The van der Waals surface area contributed by atoms with E-state index in [1.165, 1.54) is 10.4 Å². The fourth-order valence-corrected chi connectivity index (χ4v) is 1.72. The Labute approximate surface area is 75.5 Å². The lowest BCUT2D eigenvalue weighted by Crippen LogP contribution is -1.73. The van der Waals surface area contributed by atoms with Gasteiger partial charge in [0.2, 0.25) is 0 Å². The van der Waals surface area contributed by atoms with Crippen LogP contribution in [-0.4, -0.2) is 4.37 Å². The molecular formula is C10H9NS. The molecule has 0 aromatic heterocycles. The van der Waals surface area contributed by atoms with E-state index in [0.29, 0.717) is 0 Å². The molecule has 1 nitrogen and oxygen atoms in total. The molecule has 1 heterocycles. The molecule has 60 valence electrons. The molecule has 1 aliphatic carbocycles. The van der Waals surface area contributed by atoms with Crippen LogP contribution in [0.1, 0.15) is 0 Å². The molecule has 0 amide bonds. The monoisotopic (exact) mass is 175 g/mol. The fraction of sp³-hybridized carbons (Fsp3) is 0. The zero-order chi connectivity index (χ0) is 8.23. The third-order valence-corrected chi connectivity index (χ3v) is 2.49. The molecule has 2 aliphatic rings. The lowest BCUT2D eigenvalue weighted by molar-refractivity contribution is 1.52. The molecule has 0 fully saturated rings. The van der Waals surface area contributed by atoms with Crippen LogP contribution in [0.25, 0.3) is 10.4 Å². The predicted octanol–water partition coefficient (Wildman–Crippen LogP) is 3.31. The van der Waals surface area contributed by atoms with Gasteiger partial charge in [-0.1, -0.05) is 41.9 Å². The van der Waals surface area contributed by atoms with Crippen molar-refractivity contribution in [3.63, 3.8) is 0 Å². The van der Waals surface area contributed by atoms with Crippen LogP contribution in [0.5, 0.6) is 0 Å². The molecule has 1 aliphatic heterocycles. The van der Waals surface area contributed by atoms with Crippen LogP contribution in [0.4, 0.5) is 0 Å². The number of hydrogen-bond acceptors (Lipinski definition) is 1. The van der Waals surface area contributed by atoms with Crippen molar-refractivity contribution in [1.82, 2.24) is 4.37 Å². The Morgan fingerprint density at radius 1 is 0.917 bits per heavy atom. The van der Waals surface area contributed by atoms with E-state index in [9.17, 15) is 0 Å². The molecule has 0 saturated carbocycles. The van der Waals surface area contributed by atoms with Gasteiger partial charge in [-0.15, -0.1) is 0 Å². The van der Waals surface area contributed by atoms with Gasteiger partial charge in [0.1, 0.15) is 0 Å². The summed E-state index contributed by atoms with van der Waals surface area (Å²) < 4.78 is 3.10. The van der Waals surface area contributed by atoms with Crippen molar-refractivity contribution in [2.45, 2.75) is 0 Å². The standard InChI is InChI=1S/C10H9NS/c1-2-4-6-10-9(5-3-1)7-8-11-12-10/h1-8,11H. The van der Waals surface area contributed by atoms with Gasteiger partial charge in [-0.2, -0.15) is 0 Å². The van der Waals surface area contributed by atoms with Gasteiger partial charge in [-0.3, -0.25) is 0 Å². The number of rotatable bonds is 0. The SMILES string of the molecule is c1cccc2s[nH]ccc-2cc1. The van der Waals surface area contributed by atoms with Crippen molar-refractivity contribution in [3.05, 3.63) is 48.7 Å². The summed E-state index contributed by atoms with van der Waals surface area (Å²) in [4.78, 5) is 1.26. The van der Waals surface area contributed by atoms with Gasteiger partial charge in [-0.05, 0) is 17.7 Å². The van der Waals surface area contributed by atoms with Gasteiger partial charge in [-0.25, -0.2) is 0 Å². The highest BCUT2D eigenvalue weighted by Gasteiger charge is 1.93. The maximum absolute atomic E-state index is 3.10. The first-order chi connectivity index (χ1) is 5.97. The van der Waals surface area contributed by atoms with E-state index in [-0.39, 0.29) is 0 Å². The van der Waals surface area contributed by atoms with Gasteiger partial charge < -0.3 is 4.37 Å². The van der Waals surface area contributed by atoms with Crippen LogP contribution in [0.3, 0.4) is 0 Å². The molecule has 12 heavy (non-hydrogen) atoms. The van der Waals surface area contributed by atoms with E-state index in [1.54, 1.807) is 11.5 Å². The number of aromatic nitrogens is 1. The molecule has 2 heteroatoms. The van der Waals surface area contributed by atoms with Crippen LogP contribution in [-0.2, 0) is 0 Å². The van der Waals surface area contributed by atoms with E-state index in [0.717, 1.165) is 0 Å². The van der Waals surface area contributed by atoms with Crippen molar-refractivity contribution >= 4 is 11.5 Å². The van der Waals surface area contributed by atoms with E-state index < -0.39 is 0 Å². The van der Waals surface area contributed by atoms with Crippen molar-refractivity contribution < 1.29 is 0 Å². The van der Waals surface area contributed by atoms with Gasteiger partial charge in [0.05, 0.1) is 4.88 Å². The first-order valence-corrected chi connectivity index (χ1v) is 4.63. The highest BCUT2D eigenvalue weighted by Crippen LogP contribution is 2.20. The molecule has 0 unspecified atom stereocenters. The highest BCUT2D eigenvalue weighted by molar-refractivity contribution is 7.09. The van der Waals surface area contributed by atoms with Crippen molar-refractivity contribution in [3.8, 4) is 10.4 Å². The summed E-state index contributed by atoms with van der Waals surface area (Å²) in [5, 5.41) is 0. The van der Waals surface area contributed by atoms with E-state index in [2.05, 4.69) is 28.6 Å². The van der Waals surface area contributed by atoms with E-state index in [1.807, 2.05) is 24.4 Å². The average Bonchev–Trinajstić information content (AvgIpc) is 2.06. The average molecular weight is 175 g/mol. The predicted molar refractivity (Wildman–Crippen MR) is 52.9 cm³/mol. The summed E-state index contributed by atoms with van der Waals surface area (Å²) in [6, 6.07) is 14.4. The molecule has 0 atom stereocenters. The summed E-state index contributed by atoms with van der Waals surface area (Å²) in [6.07, 6.45) is 1.95. The second kappa shape index (κ2) is 3.41. The van der Waals surface area contributed by atoms with E-state index >= 15 is 0 Å². The van der Waals surface area contributed by atoms with Crippen LogP contribution >= 0.6 is 11.5 Å². The van der Waals surface area contributed by atoms with E-state index in [4.69, 9.17) is 0 Å². The Morgan fingerprint density at radius 3 is 2.67 bits per heavy atom. The number of H-pyrrole nitrogens is 1. The van der Waals surface area contributed by atoms with Crippen molar-refractivity contribution in [2.75, 3.05) is 0 Å². The minimum absolute atomic E-state index is 1.26. The Morgan fingerprint density at radius 2 is 1.75 bits per heavy atom. The molecule has 0 aromatic carbocycles. The molecule has 2 rings (SSSR count). The number of hydrogen-bond donors (Lipinski definition) is 1. The highest BCUT2D eigenvalue weighted by atomic mass is 32.1. The third-order valence-electron chi connectivity index (χ3n) is 1.64. The first kappa shape index (κ1) is 7.37.